The van der Waals surface area contributed by atoms with Crippen LogP contribution in [-0.2, 0) is 11.0 Å². The zero-order valence-corrected chi connectivity index (χ0v) is 26.4. The monoisotopic (exact) mass is 671 g/mol. The maximum atomic E-state index is 14.0. The van der Waals surface area contributed by atoms with Crippen molar-refractivity contribution in [3.63, 3.8) is 0 Å². The van der Waals surface area contributed by atoms with E-state index in [2.05, 4.69) is 15.6 Å². The van der Waals surface area contributed by atoms with Gasteiger partial charge in [-0.05, 0) is 55.8 Å². The zero-order chi connectivity index (χ0) is 33.5. The van der Waals surface area contributed by atoms with Crippen LogP contribution in [0.4, 0.5) is 29.3 Å². The van der Waals surface area contributed by atoms with Crippen LogP contribution in [-0.4, -0.2) is 83.6 Å². The van der Waals surface area contributed by atoms with E-state index in [0.717, 1.165) is 11.0 Å². The third-order valence-corrected chi connectivity index (χ3v) is 8.87. The second-order valence-corrected chi connectivity index (χ2v) is 12.0. The number of piperazine rings is 1. The second kappa shape index (κ2) is 12.9. The molecule has 2 N–H and O–H groups in total. The molecule has 3 atom stereocenters. The number of rotatable bonds is 8. The number of halogens is 4. The molecule has 0 unspecified atom stereocenters. The van der Waals surface area contributed by atoms with Gasteiger partial charge in [-0.25, -0.2) is 14.8 Å². The van der Waals surface area contributed by atoms with E-state index in [-0.39, 0.29) is 61.0 Å². The fourth-order valence-electron chi connectivity index (χ4n) is 6.40. The Bertz CT molecular complexity index is 1710. The Labute approximate surface area is 274 Å². The average Bonchev–Trinajstić information content (AvgIpc) is 3.61. The Kier molecular flexibility index (Phi) is 8.88. The summed E-state index contributed by atoms with van der Waals surface area (Å²) in [5, 5.41) is 5.55. The topological polar surface area (TPSA) is 120 Å². The number of urea groups is 1. The summed E-state index contributed by atoms with van der Waals surface area (Å²) in [7, 11) is 0. The molecule has 2 aromatic heterocycles. The number of aromatic nitrogens is 2. The van der Waals surface area contributed by atoms with Gasteiger partial charge in [0.15, 0.2) is 5.69 Å². The fraction of sp³-hybridized carbons (Fsp3) is 0.406. The highest BCUT2D eigenvalue weighted by Crippen LogP contribution is 2.41. The number of anilines is 2. The highest BCUT2D eigenvalue weighted by Gasteiger charge is 2.47. The van der Waals surface area contributed by atoms with Crippen LogP contribution in [0.15, 0.2) is 48.7 Å². The Balaban J connectivity index is 1.36. The lowest BCUT2D eigenvalue weighted by atomic mass is 10.0. The summed E-state index contributed by atoms with van der Waals surface area (Å²) in [5.41, 5.74) is 0.414. The van der Waals surface area contributed by atoms with Crippen LogP contribution >= 0.6 is 11.6 Å². The number of benzene rings is 1. The highest BCUT2D eigenvalue weighted by atomic mass is 35.5. The first-order valence-corrected chi connectivity index (χ1v) is 15.7. The van der Waals surface area contributed by atoms with Gasteiger partial charge in [0.1, 0.15) is 0 Å². The standard InChI is InChI=1S/C32H33ClF3N7O4/c1-3-20-15-42-21(17-43(31(42)46)25-9-7-18(33)12-23(25)32(34,35)36)16-41(20)26-10-8-24(22-6-5-11-37-30(22)47-4-2)40-28(26)29(45)39-19-13-27(44)38-14-19/h5-12,19-21H,3-4,13-17H2,1-2H3,(H,38,44)(H,39,45)/t19-,20-,21+/m1/s1. The molecule has 3 aromatic rings. The van der Waals surface area contributed by atoms with Crippen LogP contribution in [0.3, 0.4) is 0 Å². The van der Waals surface area contributed by atoms with E-state index >= 15 is 0 Å². The van der Waals surface area contributed by atoms with Gasteiger partial charge in [-0.2, -0.15) is 13.2 Å². The highest BCUT2D eigenvalue weighted by molar-refractivity contribution is 6.30. The number of nitrogens with one attached hydrogen (secondary N) is 2. The minimum atomic E-state index is -4.72. The first-order valence-electron chi connectivity index (χ1n) is 15.4. The molecule has 248 valence electrons. The molecule has 3 fully saturated rings. The molecule has 0 aliphatic carbocycles. The van der Waals surface area contributed by atoms with Gasteiger partial charge in [0.05, 0.1) is 46.9 Å². The number of hydrogen-bond acceptors (Lipinski definition) is 7. The third-order valence-electron chi connectivity index (χ3n) is 8.63. The molecule has 5 heterocycles. The van der Waals surface area contributed by atoms with Gasteiger partial charge in [-0.3, -0.25) is 14.5 Å². The van der Waals surface area contributed by atoms with Gasteiger partial charge in [0.2, 0.25) is 11.8 Å². The lowest BCUT2D eigenvalue weighted by Crippen LogP contribution is -2.58. The summed E-state index contributed by atoms with van der Waals surface area (Å²) in [6.45, 7) is 4.92. The molecule has 6 rings (SSSR count). The minimum Gasteiger partial charge on any atom is -0.477 e. The minimum absolute atomic E-state index is 0.00672. The van der Waals surface area contributed by atoms with E-state index in [9.17, 15) is 27.6 Å². The van der Waals surface area contributed by atoms with Crippen LogP contribution in [0, 0.1) is 0 Å². The van der Waals surface area contributed by atoms with E-state index in [4.69, 9.17) is 21.3 Å². The Morgan fingerprint density at radius 1 is 1.09 bits per heavy atom. The van der Waals surface area contributed by atoms with E-state index in [1.807, 2.05) is 18.7 Å². The number of alkyl halides is 3. The lowest BCUT2D eigenvalue weighted by molar-refractivity contribution is -0.137. The lowest BCUT2D eigenvalue weighted by Gasteiger charge is -2.44. The number of fused-ring (bicyclic) bond motifs is 1. The summed E-state index contributed by atoms with van der Waals surface area (Å²) in [6, 6.07) is 8.77. The van der Waals surface area contributed by atoms with Gasteiger partial charge >= 0.3 is 12.2 Å². The molecule has 0 saturated carbocycles. The van der Waals surface area contributed by atoms with Crippen LogP contribution in [0.2, 0.25) is 5.02 Å². The zero-order valence-electron chi connectivity index (χ0n) is 25.7. The van der Waals surface area contributed by atoms with Gasteiger partial charge in [0.25, 0.3) is 5.91 Å². The quantitative estimate of drug-likeness (QED) is 0.355. The molecule has 4 amide bonds. The third kappa shape index (κ3) is 6.38. The largest absolute Gasteiger partial charge is 0.477 e. The molecule has 15 heteroatoms. The van der Waals surface area contributed by atoms with Gasteiger partial charge < -0.3 is 25.2 Å². The molecule has 0 spiro atoms. The SMILES string of the molecule is CCOc1ncccc1-c1ccc(N2C[C@H]3CN(c4ccc(Cl)cc4C(F)(F)F)C(=O)N3C[C@H]2CC)c(C(=O)N[C@H]2CNC(=O)C2)n1. The van der Waals surface area contributed by atoms with E-state index in [1.54, 1.807) is 35.4 Å². The maximum absolute atomic E-state index is 14.0. The number of pyridine rings is 2. The van der Waals surface area contributed by atoms with Gasteiger partial charge in [-0.15, -0.1) is 0 Å². The number of carbonyl (C=O) groups is 3. The van der Waals surface area contributed by atoms with Crippen molar-refractivity contribution in [3.8, 4) is 17.1 Å². The van der Waals surface area contributed by atoms with Gasteiger partial charge in [0, 0.05) is 49.9 Å². The number of carbonyl (C=O) groups excluding carboxylic acids is 3. The van der Waals surface area contributed by atoms with Crippen molar-refractivity contribution in [2.24, 2.45) is 0 Å². The van der Waals surface area contributed by atoms with Crippen LogP contribution in [0.25, 0.3) is 11.3 Å². The molecule has 47 heavy (non-hydrogen) atoms. The molecule has 11 nitrogen and oxygen atoms in total. The average molecular weight is 672 g/mol. The molecular formula is C32H33ClF3N7O4. The normalized spacial score (nSPS) is 21.1. The van der Waals surface area contributed by atoms with E-state index < -0.39 is 35.8 Å². The first kappa shape index (κ1) is 32.4. The van der Waals surface area contributed by atoms with E-state index in [1.165, 1.54) is 12.1 Å². The Morgan fingerprint density at radius 2 is 1.87 bits per heavy atom. The second-order valence-electron chi connectivity index (χ2n) is 11.6. The number of amides is 4. The molecular weight excluding hydrogens is 639 g/mol. The molecule has 0 bridgehead atoms. The van der Waals surface area contributed by atoms with E-state index in [0.29, 0.717) is 35.9 Å². The molecule has 3 saturated heterocycles. The maximum Gasteiger partial charge on any atom is 0.418 e. The number of ether oxygens (including phenoxy) is 1. The molecule has 3 aliphatic heterocycles. The van der Waals surface area contributed by atoms with Gasteiger partial charge in [-0.1, -0.05) is 18.5 Å². The molecule has 1 aromatic carbocycles. The molecule has 0 radical (unpaired) electrons. The van der Waals surface area contributed by atoms with Crippen LogP contribution < -0.4 is 25.2 Å². The Morgan fingerprint density at radius 3 is 2.57 bits per heavy atom. The van der Waals surface area contributed by atoms with Crippen molar-refractivity contribution in [1.82, 2.24) is 25.5 Å². The molecule has 3 aliphatic rings. The first-order chi connectivity index (χ1) is 22.5. The number of hydrogen-bond donors (Lipinski definition) is 2. The summed E-state index contributed by atoms with van der Waals surface area (Å²) in [5.74, 6) is -0.291. The Hall–Kier alpha value is -4.59. The van der Waals surface area contributed by atoms with Crippen molar-refractivity contribution < 1.29 is 32.3 Å². The van der Waals surface area contributed by atoms with Crippen molar-refractivity contribution in [2.75, 3.05) is 42.6 Å². The van der Waals surface area contributed by atoms with Crippen molar-refractivity contribution in [1.29, 1.82) is 0 Å². The van der Waals surface area contributed by atoms with Crippen molar-refractivity contribution >= 4 is 40.8 Å². The smallest absolute Gasteiger partial charge is 0.418 e. The summed E-state index contributed by atoms with van der Waals surface area (Å²) in [4.78, 5) is 53.2. The van der Waals surface area contributed by atoms with Crippen LogP contribution in [0.5, 0.6) is 5.88 Å². The summed E-state index contributed by atoms with van der Waals surface area (Å²) >= 11 is 5.90. The number of nitrogens with zero attached hydrogens (tertiary/aromatic N) is 5. The van der Waals surface area contributed by atoms with Crippen molar-refractivity contribution in [3.05, 3.63) is 64.9 Å². The van der Waals surface area contributed by atoms with Crippen molar-refractivity contribution in [2.45, 2.75) is 51.0 Å². The summed E-state index contributed by atoms with van der Waals surface area (Å²) < 4.78 is 47.7. The summed E-state index contributed by atoms with van der Waals surface area (Å²) in [6.07, 6.45) is -2.40. The predicted octanol–water partition coefficient (Wildman–Crippen LogP) is 4.74. The predicted molar refractivity (Wildman–Crippen MR) is 169 cm³/mol. The fourth-order valence-corrected chi connectivity index (χ4v) is 6.57. The van der Waals surface area contributed by atoms with Crippen LogP contribution in [0.1, 0.15) is 42.7 Å².